The number of nitrogens with two attached hydrogens (primary N) is 1. The fourth-order valence-corrected chi connectivity index (χ4v) is 5.55. The molecule has 3 N–H and O–H groups in total. The third-order valence-electron chi connectivity index (χ3n) is 5.36. The number of nitrogens with one attached hydrogen (secondary N) is 1. The number of nitrogens with zero attached hydrogens (tertiary/aromatic N) is 3. The molecule has 1 unspecified atom stereocenters. The average Bonchev–Trinajstić information content (AvgIpc) is 3.26. The lowest BCUT2D eigenvalue weighted by atomic mass is 10.1. The number of halogens is 3. The summed E-state index contributed by atoms with van der Waals surface area (Å²) in [5, 5.41) is 6.59. The number of primary amides is 1. The van der Waals surface area contributed by atoms with E-state index in [1.54, 1.807) is 13.1 Å². The Bertz CT molecular complexity index is 1400. The number of hydrogen-bond donors (Lipinski definition) is 2. The van der Waals surface area contributed by atoms with Gasteiger partial charge in [-0.05, 0) is 46.9 Å². The number of aromatic nitrogens is 2. The molecule has 1 aliphatic rings. The van der Waals surface area contributed by atoms with Crippen molar-refractivity contribution in [2.75, 3.05) is 31.6 Å². The van der Waals surface area contributed by atoms with E-state index in [0.717, 1.165) is 12.1 Å². The summed E-state index contributed by atoms with van der Waals surface area (Å²) < 4.78 is 69.1. The fourth-order valence-electron chi connectivity index (χ4n) is 3.66. The lowest BCUT2D eigenvalue weighted by molar-refractivity contribution is -0.0250. The number of amides is 1. The molecular formula is C22H22F2IN5O5S. The van der Waals surface area contributed by atoms with Gasteiger partial charge >= 0.3 is 0 Å². The smallest absolute Gasteiger partial charge is 0.254 e. The van der Waals surface area contributed by atoms with Crippen molar-refractivity contribution in [1.29, 1.82) is 0 Å². The first-order chi connectivity index (χ1) is 17.0. The van der Waals surface area contributed by atoms with Gasteiger partial charge in [0.25, 0.3) is 5.91 Å². The van der Waals surface area contributed by atoms with Crippen LogP contribution < -0.4 is 15.8 Å². The first-order valence-electron chi connectivity index (χ1n) is 10.6. The average molecular weight is 633 g/mol. The lowest BCUT2D eigenvalue weighted by Crippen LogP contribution is -2.47. The maximum absolute atomic E-state index is 14.4. The molecule has 0 bridgehead atoms. The molecule has 0 radical (unpaired) electrons. The van der Waals surface area contributed by atoms with E-state index in [2.05, 4.69) is 10.4 Å². The van der Waals surface area contributed by atoms with Crippen LogP contribution >= 0.6 is 22.6 Å². The molecular weight excluding hydrogens is 611 g/mol. The molecule has 0 aliphatic carbocycles. The minimum absolute atomic E-state index is 0.0151. The van der Waals surface area contributed by atoms with Gasteiger partial charge < -0.3 is 20.5 Å². The van der Waals surface area contributed by atoms with Crippen LogP contribution in [0.5, 0.6) is 5.75 Å². The predicted octanol–water partition coefficient (Wildman–Crippen LogP) is 2.61. The van der Waals surface area contributed by atoms with Crippen molar-refractivity contribution in [1.82, 2.24) is 14.1 Å². The molecule has 2 heterocycles. The van der Waals surface area contributed by atoms with Crippen LogP contribution in [-0.4, -0.2) is 60.8 Å². The highest BCUT2D eigenvalue weighted by Gasteiger charge is 2.32. The second kappa shape index (κ2) is 10.7. The minimum Gasteiger partial charge on any atom is -0.490 e. The Morgan fingerprint density at radius 3 is 2.75 bits per heavy atom. The second-order valence-electron chi connectivity index (χ2n) is 7.96. The van der Waals surface area contributed by atoms with Crippen molar-refractivity contribution in [2.45, 2.75) is 11.0 Å². The van der Waals surface area contributed by atoms with Crippen LogP contribution in [0.3, 0.4) is 0 Å². The third-order valence-corrected chi connectivity index (χ3v) is 7.85. The summed E-state index contributed by atoms with van der Waals surface area (Å²) in [7, 11) is -2.19. The van der Waals surface area contributed by atoms with E-state index in [1.807, 2.05) is 22.6 Å². The van der Waals surface area contributed by atoms with Crippen molar-refractivity contribution in [2.24, 2.45) is 12.8 Å². The Balaban J connectivity index is 1.53. The molecule has 0 spiro atoms. The summed E-state index contributed by atoms with van der Waals surface area (Å²) in [6, 6.07) is 6.33. The number of morpholine rings is 1. The van der Waals surface area contributed by atoms with Crippen molar-refractivity contribution in [3.63, 3.8) is 0 Å². The van der Waals surface area contributed by atoms with Gasteiger partial charge in [-0.15, -0.1) is 0 Å². The standard InChI is InChI=1S/C22H22F2IN5O5S/c1-29-11-16(9-27-29)36(32,33)30-4-5-34-15(10-30)12-35-20-7-13(23)6-19(21(20)22(26)31)28-18-3-2-14(25)8-17(18)24/h2-3,6-9,11,15,28H,4-5,10,12H2,1H3,(H2,26,31). The molecule has 1 atom stereocenters. The Morgan fingerprint density at radius 1 is 1.31 bits per heavy atom. The number of rotatable bonds is 8. The van der Waals surface area contributed by atoms with Crippen molar-refractivity contribution < 1.29 is 31.5 Å². The number of sulfonamides is 1. The van der Waals surface area contributed by atoms with Gasteiger partial charge in [-0.1, -0.05) is 0 Å². The van der Waals surface area contributed by atoms with Gasteiger partial charge in [0.2, 0.25) is 10.0 Å². The zero-order chi connectivity index (χ0) is 26.0. The van der Waals surface area contributed by atoms with Crippen LogP contribution in [0.15, 0.2) is 47.6 Å². The lowest BCUT2D eigenvalue weighted by Gasteiger charge is -2.31. The molecule has 1 saturated heterocycles. The maximum atomic E-state index is 14.4. The van der Waals surface area contributed by atoms with Gasteiger partial charge in [-0.3, -0.25) is 9.48 Å². The Hall–Kier alpha value is -2.82. The normalized spacial score (nSPS) is 16.6. The molecule has 0 saturated carbocycles. The predicted molar refractivity (Wildman–Crippen MR) is 135 cm³/mol. The van der Waals surface area contributed by atoms with Crippen LogP contribution in [-0.2, 0) is 21.8 Å². The van der Waals surface area contributed by atoms with Gasteiger partial charge in [0.15, 0.2) is 0 Å². The summed E-state index contributed by atoms with van der Waals surface area (Å²) in [4.78, 5) is 12.3. The van der Waals surface area contributed by atoms with E-state index in [0.29, 0.717) is 3.57 Å². The Kier molecular flexibility index (Phi) is 7.77. The molecule has 1 aromatic heterocycles. The number of ether oxygens (including phenoxy) is 2. The summed E-state index contributed by atoms with van der Waals surface area (Å²) >= 11 is 1.94. The van der Waals surface area contributed by atoms with Gasteiger partial charge in [-0.25, -0.2) is 17.2 Å². The third kappa shape index (κ3) is 5.77. The zero-order valence-corrected chi connectivity index (χ0v) is 21.9. The molecule has 1 aliphatic heterocycles. The molecule has 2 aromatic carbocycles. The van der Waals surface area contributed by atoms with E-state index < -0.39 is 33.7 Å². The van der Waals surface area contributed by atoms with Crippen LogP contribution in [0.4, 0.5) is 20.2 Å². The first kappa shape index (κ1) is 26.2. The number of carbonyl (C=O) groups excluding carboxylic acids is 1. The topological polar surface area (TPSA) is 129 Å². The van der Waals surface area contributed by atoms with Crippen LogP contribution in [0.1, 0.15) is 10.4 Å². The van der Waals surface area contributed by atoms with Gasteiger partial charge in [-0.2, -0.15) is 9.40 Å². The fraction of sp³-hybridized carbons (Fsp3) is 0.273. The largest absolute Gasteiger partial charge is 0.490 e. The monoisotopic (exact) mass is 633 g/mol. The van der Waals surface area contributed by atoms with Crippen molar-refractivity contribution >= 4 is 49.9 Å². The molecule has 192 valence electrons. The van der Waals surface area contributed by atoms with Crippen LogP contribution in [0.25, 0.3) is 0 Å². The van der Waals surface area contributed by atoms with Gasteiger partial charge in [0.1, 0.15) is 40.6 Å². The highest BCUT2D eigenvalue weighted by Crippen LogP contribution is 2.32. The SMILES string of the molecule is Cn1cc(S(=O)(=O)N2CCOC(COc3cc(F)cc(Nc4ccc(I)cc4F)c3C(N)=O)C2)cn1. The highest BCUT2D eigenvalue weighted by molar-refractivity contribution is 14.1. The first-order valence-corrected chi connectivity index (χ1v) is 13.1. The number of carbonyl (C=O) groups is 1. The van der Waals surface area contributed by atoms with E-state index >= 15 is 0 Å². The molecule has 3 aromatic rings. The molecule has 36 heavy (non-hydrogen) atoms. The van der Waals surface area contributed by atoms with Crippen LogP contribution in [0.2, 0.25) is 0 Å². The molecule has 1 fully saturated rings. The number of benzene rings is 2. The van der Waals surface area contributed by atoms with E-state index in [1.165, 1.54) is 33.5 Å². The summed E-state index contributed by atoms with van der Waals surface area (Å²) in [5.74, 6) is -2.47. The molecule has 10 nitrogen and oxygen atoms in total. The minimum atomic E-state index is -3.80. The summed E-state index contributed by atoms with van der Waals surface area (Å²) in [5.41, 5.74) is 5.28. The Morgan fingerprint density at radius 2 is 2.08 bits per heavy atom. The molecule has 4 rings (SSSR count). The zero-order valence-electron chi connectivity index (χ0n) is 18.9. The van der Waals surface area contributed by atoms with Crippen LogP contribution in [0, 0.1) is 15.2 Å². The second-order valence-corrected chi connectivity index (χ2v) is 11.1. The Labute approximate surface area is 219 Å². The van der Waals surface area contributed by atoms with E-state index in [-0.39, 0.29) is 53.9 Å². The van der Waals surface area contributed by atoms with E-state index in [4.69, 9.17) is 15.2 Å². The van der Waals surface area contributed by atoms with E-state index in [9.17, 15) is 22.0 Å². The van der Waals surface area contributed by atoms with Crippen molar-refractivity contribution in [3.8, 4) is 5.75 Å². The van der Waals surface area contributed by atoms with Crippen molar-refractivity contribution in [3.05, 3.63) is 63.5 Å². The maximum Gasteiger partial charge on any atom is 0.254 e. The summed E-state index contributed by atoms with van der Waals surface area (Å²) in [6.45, 7) is 0.0195. The quantitative estimate of drug-likeness (QED) is 0.365. The van der Waals surface area contributed by atoms with Gasteiger partial charge in [0.05, 0.1) is 24.2 Å². The summed E-state index contributed by atoms with van der Waals surface area (Å²) in [6.07, 6.45) is 1.94. The highest BCUT2D eigenvalue weighted by atomic mass is 127. The number of anilines is 2. The number of hydrogen-bond acceptors (Lipinski definition) is 7. The molecule has 1 amide bonds. The number of aryl methyl sites for hydroxylation is 1. The molecule has 14 heteroatoms. The van der Waals surface area contributed by atoms with Gasteiger partial charge in [0, 0.05) is 36.0 Å².